The van der Waals surface area contributed by atoms with Crippen molar-refractivity contribution in [3.8, 4) is 11.5 Å². The van der Waals surface area contributed by atoms with Gasteiger partial charge < -0.3 is 4.74 Å². The summed E-state index contributed by atoms with van der Waals surface area (Å²) >= 11 is 5.68. The Morgan fingerprint density at radius 3 is 2.76 bits per heavy atom. The van der Waals surface area contributed by atoms with E-state index < -0.39 is 11.6 Å². The summed E-state index contributed by atoms with van der Waals surface area (Å²) in [6.07, 6.45) is 3.00. The number of aromatic nitrogens is 1. The summed E-state index contributed by atoms with van der Waals surface area (Å²) in [5, 5.41) is 0. The van der Waals surface area contributed by atoms with E-state index in [2.05, 4.69) is 4.98 Å². The highest BCUT2D eigenvalue weighted by Gasteiger charge is 2.11. The Hall–Kier alpha value is -1.68. The minimum Gasteiger partial charge on any atom is -0.454 e. The molecule has 2 aromatic rings. The number of halogens is 3. The van der Waals surface area contributed by atoms with E-state index in [1.54, 1.807) is 6.07 Å². The summed E-state index contributed by atoms with van der Waals surface area (Å²) in [4.78, 5) is 3.87. The van der Waals surface area contributed by atoms with Gasteiger partial charge in [0.15, 0.2) is 11.6 Å². The second kappa shape index (κ2) is 5.10. The number of alkyl halides is 1. The lowest BCUT2D eigenvalue weighted by molar-refractivity contribution is 0.413. The molecule has 0 radical (unpaired) electrons. The first kappa shape index (κ1) is 11.8. The van der Waals surface area contributed by atoms with Gasteiger partial charge in [0.1, 0.15) is 5.75 Å². The van der Waals surface area contributed by atoms with Gasteiger partial charge in [-0.15, -0.1) is 11.6 Å². The number of benzene rings is 1. The molecule has 2 rings (SSSR count). The first-order valence-electron chi connectivity index (χ1n) is 4.83. The monoisotopic (exact) mass is 255 g/mol. The summed E-state index contributed by atoms with van der Waals surface area (Å²) in [6.45, 7) is 0. The van der Waals surface area contributed by atoms with Gasteiger partial charge in [0.25, 0.3) is 0 Å². The largest absolute Gasteiger partial charge is 0.454 e. The lowest BCUT2D eigenvalue weighted by Gasteiger charge is -2.09. The van der Waals surface area contributed by atoms with Crippen LogP contribution in [-0.2, 0) is 5.88 Å². The first-order chi connectivity index (χ1) is 8.22. The molecule has 88 valence electrons. The average molecular weight is 256 g/mol. The molecule has 2 nitrogen and oxygen atoms in total. The second-order valence-electron chi connectivity index (χ2n) is 3.27. The standard InChI is InChI=1S/C12H8ClF2NO/c13-6-8-7-16-5-4-10(8)17-11-3-1-2-9(14)12(11)15/h1-5,7H,6H2. The highest BCUT2D eigenvalue weighted by atomic mass is 35.5. The Labute approximate surface area is 102 Å². The van der Waals surface area contributed by atoms with E-state index in [0.717, 1.165) is 6.07 Å². The number of nitrogens with zero attached hydrogens (tertiary/aromatic N) is 1. The van der Waals surface area contributed by atoms with Gasteiger partial charge in [-0.3, -0.25) is 4.98 Å². The maximum Gasteiger partial charge on any atom is 0.201 e. The van der Waals surface area contributed by atoms with Gasteiger partial charge in [-0.1, -0.05) is 6.07 Å². The van der Waals surface area contributed by atoms with Crippen LogP contribution in [0, 0.1) is 11.6 Å². The van der Waals surface area contributed by atoms with Crippen LogP contribution < -0.4 is 4.74 Å². The van der Waals surface area contributed by atoms with Crippen molar-refractivity contribution in [3.05, 3.63) is 53.9 Å². The Morgan fingerprint density at radius 1 is 1.18 bits per heavy atom. The maximum atomic E-state index is 13.4. The summed E-state index contributed by atoms with van der Waals surface area (Å²) in [7, 11) is 0. The molecule has 0 aliphatic heterocycles. The lowest BCUT2D eigenvalue weighted by atomic mass is 10.3. The first-order valence-corrected chi connectivity index (χ1v) is 5.36. The van der Waals surface area contributed by atoms with Crippen molar-refractivity contribution >= 4 is 11.6 Å². The molecule has 17 heavy (non-hydrogen) atoms. The second-order valence-corrected chi connectivity index (χ2v) is 3.54. The number of hydrogen-bond acceptors (Lipinski definition) is 2. The molecule has 0 bridgehead atoms. The summed E-state index contributed by atoms with van der Waals surface area (Å²) in [5.74, 6) is -1.61. The van der Waals surface area contributed by atoms with Crippen molar-refractivity contribution in [3.63, 3.8) is 0 Å². The summed E-state index contributed by atoms with van der Waals surface area (Å²) in [6, 6.07) is 5.28. The average Bonchev–Trinajstić information content (AvgIpc) is 2.35. The van der Waals surface area contributed by atoms with Gasteiger partial charge >= 0.3 is 0 Å². The van der Waals surface area contributed by atoms with Crippen LogP contribution in [0.5, 0.6) is 11.5 Å². The van der Waals surface area contributed by atoms with Crippen LogP contribution in [0.25, 0.3) is 0 Å². The molecule has 0 amide bonds. The van der Waals surface area contributed by atoms with E-state index in [1.807, 2.05) is 0 Å². The molecule has 0 fully saturated rings. The molecule has 0 saturated carbocycles. The zero-order chi connectivity index (χ0) is 12.3. The van der Waals surface area contributed by atoms with Crippen LogP contribution in [0.3, 0.4) is 0 Å². The van der Waals surface area contributed by atoms with Crippen molar-refractivity contribution in [2.45, 2.75) is 5.88 Å². The smallest absolute Gasteiger partial charge is 0.201 e. The highest BCUT2D eigenvalue weighted by Crippen LogP contribution is 2.28. The predicted octanol–water partition coefficient (Wildman–Crippen LogP) is 3.89. The normalized spacial score (nSPS) is 10.3. The van der Waals surface area contributed by atoms with Crippen LogP contribution >= 0.6 is 11.6 Å². The molecule has 0 aliphatic carbocycles. The van der Waals surface area contributed by atoms with Gasteiger partial charge in [0.05, 0.1) is 5.88 Å². The van der Waals surface area contributed by atoms with Crippen molar-refractivity contribution < 1.29 is 13.5 Å². The quantitative estimate of drug-likeness (QED) is 0.776. The summed E-state index contributed by atoms with van der Waals surface area (Å²) < 4.78 is 31.6. The van der Waals surface area contributed by atoms with Crippen molar-refractivity contribution in [1.82, 2.24) is 4.98 Å². The molecule has 0 spiro atoms. The van der Waals surface area contributed by atoms with Crippen LogP contribution in [0.1, 0.15) is 5.56 Å². The molecule has 0 N–H and O–H groups in total. The molecule has 0 atom stereocenters. The van der Waals surface area contributed by atoms with E-state index in [1.165, 1.54) is 24.5 Å². The summed E-state index contributed by atoms with van der Waals surface area (Å²) in [5.41, 5.74) is 0.609. The molecule has 0 saturated heterocycles. The Bertz CT molecular complexity index is 534. The van der Waals surface area contributed by atoms with Crippen LogP contribution in [0.4, 0.5) is 8.78 Å². The van der Waals surface area contributed by atoms with Gasteiger partial charge in [-0.05, 0) is 18.2 Å². The van der Waals surface area contributed by atoms with Crippen molar-refractivity contribution in [2.24, 2.45) is 0 Å². The molecular weight excluding hydrogens is 248 g/mol. The Kier molecular flexibility index (Phi) is 3.54. The molecule has 1 heterocycles. The molecule has 0 unspecified atom stereocenters. The van der Waals surface area contributed by atoms with E-state index in [-0.39, 0.29) is 11.6 Å². The minimum absolute atomic E-state index is 0.178. The molecular formula is C12H8ClF2NO. The lowest BCUT2D eigenvalue weighted by Crippen LogP contribution is -1.94. The Morgan fingerprint density at radius 2 is 2.00 bits per heavy atom. The van der Waals surface area contributed by atoms with Gasteiger partial charge in [-0.2, -0.15) is 4.39 Å². The third-order valence-corrected chi connectivity index (χ3v) is 2.43. The predicted molar refractivity (Wildman–Crippen MR) is 60.2 cm³/mol. The van der Waals surface area contributed by atoms with Gasteiger partial charge in [0, 0.05) is 18.0 Å². The fourth-order valence-electron chi connectivity index (χ4n) is 1.30. The number of ether oxygens (including phenoxy) is 1. The van der Waals surface area contributed by atoms with Gasteiger partial charge in [-0.25, -0.2) is 4.39 Å². The maximum absolute atomic E-state index is 13.4. The number of rotatable bonds is 3. The van der Waals surface area contributed by atoms with Gasteiger partial charge in [0.2, 0.25) is 5.82 Å². The topological polar surface area (TPSA) is 22.1 Å². The zero-order valence-corrected chi connectivity index (χ0v) is 9.42. The molecule has 1 aromatic heterocycles. The molecule has 0 aliphatic rings. The number of hydrogen-bond donors (Lipinski definition) is 0. The van der Waals surface area contributed by atoms with E-state index in [4.69, 9.17) is 16.3 Å². The third kappa shape index (κ3) is 2.53. The fourth-order valence-corrected chi connectivity index (χ4v) is 1.50. The van der Waals surface area contributed by atoms with Crippen LogP contribution in [0.2, 0.25) is 0 Å². The van der Waals surface area contributed by atoms with Crippen LogP contribution in [-0.4, -0.2) is 4.98 Å². The van der Waals surface area contributed by atoms with E-state index in [0.29, 0.717) is 11.3 Å². The van der Waals surface area contributed by atoms with E-state index in [9.17, 15) is 8.78 Å². The van der Waals surface area contributed by atoms with Crippen molar-refractivity contribution in [2.75, 3.05) is 0 Å². The third-order valence-electron chi connectivity index (χ3n) is 2.14. The van der Waals surface area contributed by atoms with Crippen LogP contribution in [0.15, 0.2) is 36.7 Å². The fraction of sp³-hybridized carbons (Fsp3) is 0.0833. The van der Waals surface area contributed by atoms with Crippen molar-refractivity contribution in [1.29, 1.82) is 0 Å². The molecule has 1 aromatic carbocycles. The number of pyridine rings is 1. The highest BCUT2D eigenvalue weighted by molar-refractivity contribution is 6.17. The molecule has 5 heteroatoms. The Balaban J connectivity index is 2.35. The SMILES string of the molecule is Fc1cccc(Oc2ccncc2CCl)c1F. The van der Waals surface area contributed by atoms with E-state index >= 15 is 0 Å². The zero-order valence-electron chi connectivity index (χ0n) is 8.66. The minimum atomic E-state index is -1.02.